The zero-order valence-electron chi connectivity index (χ0n) is 11.8. The van der Waals surface area contributed by atoms with Crippen LogP contribution in [0.15, 0.2) is 6.07 Å². The summed E-state index contributed by atoms with van der Waals surface area (Å²) in [7, 11) is 0. The number of nitrogens with zero attached hydrogens (tertiary/aromatic N) is 3. The molecule has 0 aromatic carbocycles. The average Bonchev–Trinajstić information content (AvgIpc) is 2.38. The van der Waals surface area contributed by atoms with E-state index in [0.717, 1.165) is 37.3 Å². The van der Waals surface area contributed by atoms with Gasteiger partial charge < -0.3 is 10.2 Å². The van der Waals surface area contributed by atoms with Crippen LogP contribution in [0.3, 0.4) is 0 Å². The van der Waals surface area contributed by atoms with Crippen molar-refractivity contribution in [3.05, 3.63) is 17.5 Å². The number of hydrogen-bond donors (Lipinski definition) is 1. The third-order valence-corrected chi connectivity index (χ3v) is 3.31. The molecule has 1 aliphatic rings. The zero-order valence-corrected chi connectivity index (χ0v) is 11.8. The van der Waals surface area contributed by atoms with Crippen LogP contribution in [0.25, 0.3) is 0 Å². The second-order valence-electron chi connectivity index (χ2n) is 5.09. The predicted molar refractivity (Wildman–Crippen MR) is 75.0 cm³/mol. The van der Waals surface area contributed by atoms with Crippen molar-refractivity contribution in [2.24, 2.45) is 0 Å². The van der Waals surface area contributed by atoms with Crippen LogP contribution in [0.2, 0.25) is 0 Å². The smallest absolute Gasteiger partial charge is 0.224 e. The molecule has 0 radical (unpaired) electrons. The molecule has 1 fully saturated rings. The van der Waals surface area contributed by atoms with Crippen molar-refractivity contribution in [3.8, 4) is 0 Å². The maximum atomic E-state index is 12.0. The van der Waals surface area contributed by atoms with Gasteiger partial charge >= 0.3 is 0 Å². The third-order valence-electron chi connectivity index (χ3n) is 3.31. The summed E-state index contributed by atoms with van der Waals surface area (Å²) < 4.78 is 0. The zero-order chi connectivity index (χ0) is 13.7. The topological polar surface area (TPSA) is 58.1 Å². The first-order valence-corrected chi connectivity index (χ1v) is 6.99. The molecular weight excluding hydrogens is 240 g/mol. The molecule has 1 amide bonds. The summed E-state index contributed by atoms with van der Waals surface area (Å²) in [6.45, 7) is 6.31. The van der Waals surface area contributed by atoms with Crippen molar-refractivity contribution in [2.45, 2.75) is 39.5 Å². The van der Waals surface area contributed by atoms with E-state index < -0.39 is 0 Å². The van der Waals surface area contributed by atoms with Crippen LogP contribution in [0.1, 0.15) is 37.1 Å². The van der Waals surface area contributed by atoms with E-state index in [1.807, 2.05) is 24.8 Å². The largest absolute Gasteiger partial charge is 0.354 e. The fourth-order valence-electron chi connectivity index (χ4n) is 2.39. The van der Waals surface area contributed by atoms with E-state index in [4.69, 9.17) is 0 Å². The van der Waals surface area contributed by atoms with Gasteiger partial charge in [-0.15, -0.1) is 0 Å². The van der Waals surface area contributed by atoms with E-state index in [9.17, 15) is 4.79 Å². The Morgan fingerprint density at radius 1 is 1.21 bits per heavy atom. The number of carbonyl (C=O) groups is 1. The Morgan fingerprint density at radius 3 is 2.47 bits per heavy atom. The monoisotopic (exact) mass is 262 g/mol. The van der Waals surface area contributed by atoms with Crippen molar-refractivity contribution in [3.63, 3.8) is 0 Å². The van der Waals surface area contributed by atoms with Crippen molar-refractivity contribution >= 4 is 11.9 Å². The lowest BCUT2D eigenvalue weighted by molar-refractivity contribution is -0.131. The molecule has 1 aromatic heterocycles. The van der Waals surface area contributed by atoms with Crippen LogP contribution in [-0.2, 0) is 4.79 Å². The highest BCUT2D eigenvalue weighted by atomic mass is 16.2. The van der Waals surface area contributed by atoms with Gasteiger partial charge in [-0.05, 0) is 39.2 Å². The Labute approximate surface area is 114 Å². The molecule has 2 rings (SSSR count). The number of carbonyl (C=O) groups excluding carboxylic acids is 1. The number of hydrogen-bond acceptors (Lipinski definition) is 4. The molecule has 1 saturated heterocycles. The number of piperidine rings is 1. The fraction of sp³-hybridized carbons (Fsp3) is 0.643. The molecule has 0 bridgehead atoms. The molecule has 19 heavy (non-hydrogen) atoms. The molecule has 0 saturated carbocycles. The standard InChI is InChI=1S/C14H22N4O/c1-11-10-12(2)17-14(16-11)15-7-6-13(19)18-8-4-3-5-9-18/h10H,3-9H2,1-2H3,(H,15,16,17). The van der Waals surface area contributed by atoms with Crippen molar-refractivity contribution in [1.29, 1.82) is 0 Å². The summed E-state index contributed by atoms with van der Waals surface area (Å²) in [5.74, 6) is 0.848. The van der Waals surface area contributed by atoms with Gasteiger partial charge in [0, 0.05) is 37.4 Å². The normalized spacial score (nSPS) is 15.4. The van der Waals surface area contributed by atoms with Crippen LogP contribution >= 0.6 is 0 Å². The van der Waals surface area contributed by atoms with Crippen LogP contribution in [0.4, 0.5) is 5.95 Å². The molecule has 1 N–H and O–H groups in total. The minimum atomic E-state index is 0.233. The molecule has 104 valence electrons. The number of amides is 1. The van der Waals surface area contributed by atoms with E-state index in [1.165, 1.54) is 6.42 Å². The molecule has 0 spiro atoms. The minimum Gasteiger partial charge on any atom is -0.354 e. The molecule has 1 aromatic rings. The van der Waals surface area contributed by atoms with Crippen LogP contribution < -0.4 is 5.32 Å². The number of rotatable bonds is 4. The van der Waals surface area contributed by atoms with Gasteiger partial charge in [0.1, 0.15) is 0 Å². The molecule has 0 aliphatic carbocycles. The highest BCUT2D eigenvalue weighted by Crippen LogP contribution is 2.10. The third kappa shape index (κ3) is 4.19. The lowest BCUT2D eigenvalue weighted by atomic mass is 10.1. The van der Waals surface area contributed by atoms with Gasteiger partial charge in [-0.3, -0.25) is 4.79 Å². The summed E-state index contributed by atoms with van der Waals surface area (Å²) in [5.41, 5.74) is 1.88. The van der Waals surface area contributed by atoms with Gasteiger partial charge in [0.15, 0.2) is 0 Å². The van der Waals surface area contributed by atoms with Gasteiger partial charge in [0.2, 0.25) is 11.9 Å². The Hall–Kier alpha value is -1.65. The quantitative estimate of drug-likeness (QED) is 0.900. The van der Waals surface area contributed by atoms with E-state index in [2.05, 4.69) is 15.3 Å². The summed E-state index contributed by atoms with van der Waals surface area (Å²) >= 11 is 0. The first-order chi connectivity index (χ1) is 9.15. The summed E-state index contributed by atoms with van der Waals surface area (Å²) in [6, 6.07) is 1.93. The van der Waals surface area contributed by atoms with Gasteiger partial charge in [-0.1, -0.05) is 0 Å². The maximum absolute atomic E-state index is 12.0. The first-order valence-electron chi connectivity index (χ1n) is 6.99. The highest BCUT2D eigenvalue weighted by molar-refractivity contribution is 5.76. The summed E-state index contributed by atoms with van der Waals surface area (Å²) in [6.07, 6.45) is 4.04. The minimum absolute atomic E-state index is 0.233. The Morgan fingerprint density at radius 2 is 1.84 bits per heavy atom. The van der Waals surface area contributed by atoms with Gasteiger partial charge in [0.25, 0.3) is 0 Å². The predicted octanol–water partition coefficient (Wildman–Crippen LogP) is 1.91. The molecule has 5 heteroatoms. The van der Waals surface area contributed by atoms with E-state index in [1.54, 1.807) is 0 Å². The number of likely N-dealkylation sites (tertiary alicyclic amines) is 1. The maximum Gasteiger partial charge on any atom is 0.224 e. The molecule has 0 atom stereocenters. The van der Waals surface area contributed by atoms with Crippen LogP contribution in [0, 0.1) is 13.8 Å². The number of anilines is 1. The van der Waals surface area contributed by atoms with Crippen molar-refractivity contribution in [2.75, 3.05) is 25.0 Å². The Kier molecular flexibility index (Phi) is 4.71. The lowest BCUT2D eigenvalue weighted by Gasteiger charge is -2.26. The molecule has 5 nitrogen and oxygen atoms in total. The van der Waals surface area contributed by atoms with Crippen LogP contribution in [-0.4, -0.2) is 40.4 Å². The van der Waals surface area contributed by atoms with E-state index in [0.29, 0.717) is 18.9 Å². The van der Waals surface area contributed by atoms with Gasteiger partial charge in [-0.2, -0.15) is 0 Å². The lowest BCUT2D eigenvalue weighted by Crippen LogP contribution is -2.36. The number of aromatic nitrogens is 2. The number of nitrogens with one attached hydrogen (secondary N) is 1. The second-order valence-corrected chi connectivity index (χ2v) is 5.09. The highest BCUT2D eigenvalue weighted by Gasteiger charge is 2.15. The van der Waals surface area contributed by atoms with E-state index >= 15 is 0 Å². The summed E-state index contributed by atoms with van der Waals surface area (Å²) in [5, 5.41) is 3.13. The van der Waals surface area contributed by atoms with E-state index in [-0.39, 0.29) is 5.91 Å². The van der Waals surface area contributed by atoms with Gasteiger partial charge in [-0.25, -0.2) is 9.97 Å². The number of aryl methyl sites for hydroxylation is 2. The second kappa shape index (κ2) is 6.50. The van der Waals surface area contributed by atoms with Gasteiger partial charge in [0.05, 0.1) is 0 Å². The fourth-order valence-corrected chi connectivity index (χ4v) is 2.39. The Bertz CT molecular complexity index is 421. The summed E-state index contributed by atoms with van der Waals surface area (Å²) in [4.78, 5) is 22.5. The van der Waals surface area contributed by atoms with Crippen LogP contribution in [0.5, 0.6) is 0 Å². The van der Waals surface area contributed by atoms with Crippen molar-refractivity contribution in [1.82, 2.24) is 14.9 Å². The molecule has 0 unspecified atom stereocenters. The molecule has 2 heterocycles. The SMILES string of the molecule is Cc1cc(C)nc(NCCC(=O)N2CCCCC2)n1. The van der Waals surface area contributed by atoms with Crippen molar-refractivity contribution < 1.29 is 4.79 Å². The first kappa shape index (κ1) is 13.8. The molecular formula is C14H22N4O. The Balaban J connectivity index is 1.77. The molecule has 1 aliphatic heterocycles. The average molecular weight is 262 g/mol.